The highest BCUT2D eigenvalue weighted by Crippen LogP contribution is 2.20. The molecule has 23 heavy (non-hydrogen) atoms. The molecule has 0 aliphatic heterocycles. The van der Waals surface area contributed by atoms with Gasteiger partial charge in [0, 0.05) is 12.1 Å². The maximum atomic E-state index is 11.6. The van der Waals surface area contributed by atoms with E-state index in [1.165, 1.54) is 0 Å². The molecule has 0 heterocycles. The van der Waals surface area contributed by atoms with E-state index < -0.39 is 5.60 Å². The Labute approximate surface area is 138 Å². The average Bonchev–Trinajstić information content (AvgIpc) is 2.43. The molecule has 0 saturated heterocycles. The second-order valence-electron chi connectivity index (χ2n) is 6.98. The molecule has 5 heteroatoms. The van der Waals surface area contributed by atoms with E-state index in [0.29, 0.717) is 12.6 Å². The lowest BCUT2D eigenvalue weighted by Gasteiger charge is -2.36. The molecular weight excluding hydrogens is 292 g/mol. The zero-order valence-corrected chi connectivity index (χ0v) is 14.3. The topological polar surface area (TPSA) is 59.6 Å². The van der Waals surface area contributed by atoms with E-state index in [9.17, 15) is 4.79 Å². The number of benzene rings is 1. The molecule has 1 saturated carbocycles. The van der Waals surface area contributed by atoms with Gasteiger partial charge in [-0.25, -0.2) is 4.79 Å². The van der Waals surface area contributed by atoms with Crippen molar-refractivity contribution < 1.29 is 14.3 Å². The predicted octanol–water partition coefficient (Wildman–Crippen LogP) is 3.10. The highest BCUT2D eigenvalue weighted by molar-refractivity contribution is 5.68. The van der Waals surface area contributed by atoms with Crippen molar-refractivity contribution in [1.29, 1.82) is 0 Å². The van der Waals surface area contributed by atoms with Crippen molar-refractivity contribution in [3.63, 3.8) is 0 Å². The minimum atomic E-state index is -0.440. The van der Waals surface area contributed by atoms with Gasteiger partial charge >= 0.3 is 6.09 Å². The summed E-state index contributed by atoms with van der Waals surface area (Å²) in [7, 11) is 0. The maximum Gasteiger partial charge on any atom is 0.407 e. The predicted molar refractivity (Wildman–Crippen MR) is 90.7 cm³/mol. The second-order valence-corrected chi connectivity index (χ2v) is 6.98. The van der Waals surface area contributed by atoms with E-state index in [-0.39, 0.29) is 12.1 Å². The number of nitrogens with one attached hydrogen (secondary N) is 2. The van der Waals surface area contributed by atoms with Gasteiger partial charge in [-0.15, -0.1) is 0 Å². The minimum absolute atomic E-state index is 0.225. The van der Waals surface area contributed by atoms with Crippen LogP contribution in [0.1, 0.15) is 40.0 Å². The van der Waals surface area contributed by atoms with Gasteiger partial charge in [0.15, 0.2) is 0 Å². The maximum absolute atomic E-state index is 11.6. The van der Waals surface area contributed by atoms with E-state index in [0.717, 1.165) is 31.6 Å². The van der Waals surface area contributed by atoms with Crippen molar-refractivity contribution >= 4 is 6.09 Å². The van der Waals surface area contributed by atoms with Crippen LogP contribution in [0.3, 0.4) is 0 Å². The van der Waals surface area contributed by atoms with Gasteiger partial charge in [0.25, 0.3) is 0 Å². The van der Waals surface area contributed by atoms with Crippen LogP contribution < -0.4 is 15.4 Å². The van der Waals surface area contributed by atoms with E-state index in [1.54, 1.807) is 0 Å². The first-order chi connectivity index (χ1) is 10.9. The van der Waals surface area contributed by atoms with Gasteiger partial charge in [0.1, 0.15) is 11.4 Å². The second kappa shape index (κ2) is 8.20. The van der Waals surface area contributed by atoms with Crippen LogP contribution in [0.15, 0.2) is 30.3 Å². The first kappa shape index (κ1) is 17.6. The molecule has 128 valence electrons. The Balaban J connectivity index is 1.48. The van der Waals surface area contributed by atoms with Gasteiger partial charge in [-0.2, -0.15) is 0 Å². The summed E-state index contributed by atoms with van der Waals surface area (Å²) in [4.78, 5) is 11.6. The number of carbonyl (C=O) groups is 1. The van der Waals surface area contributed by atoms with Crippen molar-refractivity contribution in [2.75, 3.05) is 13.2 Å². The van der Waals surface area contributed by atoms with E-state index in [2.05, 4.69) is 10.6 Å². The summed E-state index contributed by atoms with van der Waals surface area (Å²) in [6.45, 7) is 7.25. The number of hydrogen-bond acceptors (Lipinski definition) is 4. The summed E-state index contributed by atoms with van der Waals surface area (Å²) in [6, 6.07) is 10.6. The van der Waals surface area contributed by atoms with Gasteiger partial charge in [-0.1, -0.05) is 18.2 Å². The molecule has 0 spiro atoms. The van der Waals surface area contributed by atoms with Crippen LogP contribution in [0.2, 0.25) is 0 Å². The van der Waals surface area contributed by atoms with Crippen molar-refractivity contribution in [3.8, 4) is 5.75 Å². The average molecular weight is 320 g/mol. The number of carbonyl (C=O) groups excluding carboxylic acids is 1. The van der Waals surface area contributed by atoms with Crippen LogP contribution in [0, 0.1) is 0 Å². The van der Waals surface area contributed by atoms with Crippen LogP contribution in [0.5, 0.6) is 5.75 Å². The van der Waals surface area contributed by atoms with Gasteiger partial charge in [0.2, 0.25) is 0 Å². The fourth-order valence-electron chi connectivity index (χ4n) is 2.46. The molecule has 0 unspecified atom stereocenters. The van der Waals surface area contributed by atoms with E-state index in [4.69, 9.17) is 9.47 Å². The fourth-order valence-corrected chi connectivity index (χ4v) is 2.46. The van der Waals surface area contributed by atoms with Crippen LogP contribution in [-0.2, 0) is 4.74 Å². The van der Waals surface area contributed by atoms with Crippen LogP contribution in [-0.4, -0.2) is 36.9 Å². The molecule has 0 bridgehead atoms. The van der Waals surface area contributed by atoms with Gasteiger partial charge in [0.05, 0.1) is 6.61 Å². The first-order valence-electron chi connectivity index (χ1n) is 8.33. The Morgan fingerprint density at radius 3 is 2.52 bits per heavy atom. The first-order valence-corrected chi connectivity index (χ1v) is 8.33. The standard InChI is InChI=1S/C18H28N2O3/c1-18(2,3)23-17(21)20-15-12-14(13-15)19-10-7-11-22-16-8-5-4-6-9-16/h4-6,8-9,14-15,19H,7,10-13H2,1-3H3,(H,20,21). The van der Waals surface area contributed by atoms with Crippen LogP contribution >= 0.6 is 0 Å². The Hall–Kier alpha value is -1.75. The molecule has 1 aromatic rings. The van der Waals surface area contributed by atoms with Crippen LogP contribution in [0.4, 0.5) is 4.79 Å². The third kappa shape index (κ3) is 6.91. The van der Waals surface area contributed by atoms with Crippen LogP contribution in [0.25, 0.3) is 0 Å². The molecule has 1 aliphatic carbocycles. The number of alkyl carbamates (subject to hydrolysis) is 1. The fraction of sp³-hybridized carbons (Fsp3) is 0.611. The molecule has 1 aliphatic rings. The summed E-state index contributed by atoms with van der Waals surface area (Å²) in [5.74, 6) is 0.915. The number of amides is 1. The summed E-state index contributed by atoms with van der Waals surface area (Å²) in [6.07, 6.45) is 2.56. The molecule has 0 atom stereocenters. The normalized spacial score (nSPS) is 20.5. The minimum Gasteiger partial charge on any atom is -0.494 e. The van der Waals surface area contributed by atoms with Gasteiger partial charge in [-0.3, -0.25) is 0 Å². The molecule has 0 aromatic heterocycles. The lowest BCUT2D eigenvalue weighted by molar-refractivity contribution is 0.0465. The quantitative estimate of drug-likeness (QED) is 0.758. The Kier molecular flexibility index (Phi) is 6.28. The third-order valence-electron chi connectivity index (χ3n) is 3.62. The van der Waals surface area contributed by atoms with Gasteiger partial charge in [-0.05, 0) is 58.7 Å². The van der Waals surface area contributed by atoms with Crippen molar-refractivity contribution in [3.05, 3.63) is 30.3 Å². The molecule has 5 nitrogen and oxygen atoms in total. The Bertz CT molecular complexity index is 479. The number of para-hydroxylation sites is 1. The lowest BCUT2D eigenvalue weighted by atomic mass is 9.87. The SMILES string of the molecule is CC(C)(C)OC(=O)NC1CC(NCCCOc2ccccc2)C1. The van der Waals surface area contributed by atoms with Crippen molar-refractivity contribution in [2.24, 2.45) is 0 Å². The molecule has 2 rings (SSSR count). The number of ether oxygens (including phenoxy) is 2. The third-order valence-corrected chi connectivity index (χ3v) is 3.62. The Morgan fingerprint density at radius 2 is 1.87 bits per heavy atom. The largest absolute Gasteiger partial charge is 0.494 e. The summed E-state index contributed by atoms with van der Waals surface area (Å²) in [5, 5.41) is 6.38. The number of rotatable bonds is 7. The van der Waals surface area contributed by atoms with E-state index >= 15 is 0 Å². The smallest absolute Gasteiger partial charge is 0.407 e. The van der Waals surface area contributed by atoms with Gasteiger partial charge < -0.3 is 20.1 Å². The summed E-state index contributed by atoms with van der Waals surface area (Å²) in [5.41, 5.74) is -0.440. The summed E-state index contributed by atoms with van der Waals surface area (Å²) >= 11 is 0. The zero-order valence-electron chi connectivity index (χ0n) is 14.3. The lowest BCUT2D eigenvalue weighted by Crippen LogP contribution is -2.53. The zero-order chi connectivity index (χ0) is 16.7. The molecular formula is C18H28N2O3. The van der Waals surface area contributed by atoms with E-state index in [1.807, 2.05) is 51.1 Å². The molecule has 0 radical (unpaired) electrons. The van der Waals surface area contributed by atoms with Crippen molar-refractivity contribution in [2.45, 2.75) is 57.7 Å². The Morgan fingerprint density at radius 1 is 1.17 bits per heavy atom. The highest BCUT2D eigenvalue weighted by atomic mass is 16.6. The van der Waals surface area contributed by atoms with Crippen molar-refractivity contribution in [1.82, 2.24) is 10.6 Å². The molecule has 1 aromatic carbocycles. The number of hydrogen-bond donors (Lipinski definition) is 2. The highest BCUT2D eigenvalue weighted by Gasteiger charge is 2.30. The molecule has 2 N–H and O–H groups in total. The molecule has 1 fully saturated rings. The molecule has 1 amide bonds. The summed E-state index contributed by atoms with van der Waals surface area (Å²) < 4.78 is 10.9. The monoisotopic (exact) mass is 320 g/mol.